The Balaban J connectivity index is 2.46. The minimum absolute atomic E-state index is 0.214. The van der Waals surface area contributed by atoms with Crippen LogP contribution in [0.5, 0.6) is 0 Å². The van der Waals surface area contributed by atoms with Gasteiger partial charge in [-0.3, -0.25) is 4.79 Å². The predicted octanol–water partition coefficient (Wildman–Crippen LogP) is 2.16. The molecule has 2 nitrogen and oxygen atoms in total. The maximum Gasteiger partial charge on any atom is 0.142 e. The third-order valence-electron chi connectivity index (χ3n) is 3.56. The number of halogens is 1. The predicted molar refractivity (Wildman–Crippen MR) is 53.5 cm³/mol. The molecule has 0 unspecified atom stereocenters. The Morgan fingerprint density at radius 1 is 1.46 bits per heavy atom. The Bertz CT molecular complexity index is 297. The highest BCUT2D eigenvalue weighted by molar-refractivity contribution is 9.11. The lowest BCUT2D eigenvalue weighted by Crippen LogP contribution is -2.45. The second-order valence-electron chi connectivity index (χ2n) is 4.27. The molecule has 2 atom stereocenters. The van der Waals surface area contributed by atoms with Crippen LogP contribution in [0.1, 0.15) is 32.6 Å². The standard InChI is InChI=1S/C10H13BrO2/c1-9-4-2-7(11)6-10(9,13)5-3-8(9)12/h6,13H,2-5H2,1H3/t9-,10+/m1/s1. The zero-order valence-electron chi connectivity index (χ0n) is 7.64. The van der Waals surface area contributed by atoms with Gasteiger partial charge in [0.1, 0.15) is 5.78 Å². The molecular formula is C10H13BrO2. The number of allylic oxidation sites excluding steroid dienone is 1. The summed E-state index contributed by atoms with van der Waals surface area (Å²) in [7, 11) is 0. The zero-order valence-corrected chi connectivity index (χ0v) is 9.23. The summed E-state index contributed by atoms with van der Waals surface area (Å²) in [4.78, 5) is 11.6. The number of hydrogen-bond donors (Lipinski definition) is 1. The van der Waals surface area contributed by atoms with Gasteiger partial charge in [-0.25, -0.2) is 0 Å². The summed E-state index contributed by atoms with van der Waals surface area (Å²) in [6.07, 6.45) is 4.55. The largest absolute Gasteiger partial charge is 0.385 e. The van der Waals surface area contributed by atoms with Gasteiger partial charge in [0, 0.05) is 6.42 Å². The minimum Gasteiger partial charge on any atom is -0.385 e. The number of carbonyl (C=O) groups is 1. The Labute approximate surface area is 86.1 Å². The van der Waals surface area contributed by atoms with Crippen molar-refractivity contribution >= 4 is 21.7 Å². The molecule has 13 heavy (non-hydrogen) atoms. The van der Waals surface area contributed by atoms with Crippen LogP contribution in [0.4, 0.5) is 0 Å². The van der Waals surface area contributed by atoms with Crippen LogP contribution in [0.15, 0.2) is 10.6 Å². The monoisotopic (exact) mass is 244 g/mol. The van der Waals surface area contributed by atoms with Crippen molar-refractivity contribution in [2.45, 2.75) is 38.2 Å². The topological polar surface area (TPSA) is 37.3 Å². The van der Waals surface area contributed by atoms with Gasteiger partial charge in [0.05, 0.1) is 11.0 Å². The molecule has 2 aliphatic rings. The van der Waals surface area contributed by atoms with E-state index >= 15 is 0 Å². The molecule has 0 aromatic rings. The fourth-order valence-electron chi connectivity index (χ4n) is 2.39. The second kappa shape index (κ2) is 2.67. The van der Waals surface area contributed by atoms with Gasteiger partial charge in [-0.15, -0.1) is 0 Å². The molecule has 2 rings (SSSR count). The van der Waals surface area contributed by atoms with Gasteiger partial charge in [-0.1, -0.05) is 15.9 Å². The van der Waals surface area contributed by atoms with E-state index in [1.807, 2.05) is 13.0 Å². The average Bonchev–Trinajstić information content (AvgIpc) is 2.28. The van der Waals surface area contributed by atoms with Gasteiger partial charge in [0.25, 0.3) is 0 Å². The maximum absolute atomic E-state index is 11.6. The van der Waals surface area contributed by atoms with Crippen LogP contribution in [0.2, 0.25) is 0 Å². The van der Waals surface area contributed by atoms with E-state index in [0.29, 0.717) is 12.8 Å². The minimum atomic E-state index is -0.888. The fourth-order valence-corrected chi connectivity index (χ4v) is 2.96. The summed E-state index contributed by atoms with van der Waals surface area (Å²) in [5, 5.41) is 10.3. The van der Waals surface area contributed by atoms with Crippen LogP contribution >= 0.6 is 15.9 Å². The summed E-state index contributed by atoms with van der Waals surface area (Å²) < 4.78 is 1.03. The summed E-state index contributed by atoms with van der Waals surface area (Å²) in [6.45, 7) is 1.89. The van der Waals surface area contributed by atoms with Crippen molar-refractivity contribution in [3.05, 3.63) is 10.6 Å². The first-order valence-electron chi connectivity index (χ1n) is 4.61. The lowest BCUT2D eigenvalue weighted by atomic mass is 9.69. The van der Waals surface area contributed by atoms with Gasteiger partial charge >= 0.3 is 0 Å². The Hall–Kier alpha value is -0.150. The third-order valence-corrected chi connectivity index (χ3v) is 4.19. The van der Waals surface area contributed by atoms with Crippen LogP contribution in [-0.2, 0) is 4.79 Å². The van der Waals surface area contributed by atoms with Crippen molar-refractivity contribution < 1.29 is 9.90 Å². The highest BCUT2D eigenvalue weighted by Crippen LogP contribution is 2.52. The molecule has 2 aliphatic carbocycles. The molecule has 0 aromatic heterocycles. The SMILES string of the molecule is C[C@]12CCC(Br)=C[C@@]1(O)CCC2=O. The molecule has 0 saturated heterocycles. The molecule has 0 aliphatic heterocycles. The number of Topliss-reactive ketones (excluding diaryl/α,β-unsaturated/α-hetero) is 1. The first-order chi connectivity index (χ1) is 5.98. The highest BCUT2D eigenvalue weighted by atomic mass is 79.9. The second-order valence-corrected chi connectivity index (χ2v) is 5.29. The third kappa shape index (κ3) is 1.13. The van der Waals surface area contributed by atoms with E-state index in [0.717, 1.165) is 17.3 Å². The normalized spacial score (nSPS) is 44.5. The molecule has 3 heteroatoms. The number of aliphatic hydroxyl groups is 1. The van der Waals surface area contributed by atoms with Gasteiger partial charge in [0.15, 0.2) is 0 Å². The average molecular weight is 245 g/mol. The van der Waals surface area contributed by atoms with Crippen LogP contribution in [0, 0.1) is 5.41 Å². The molecule has 72 valence electrons. The highest BCUT2D eigenvalue weighted by Gasteiger charge is 2.56. The quantitative estimate of drug-likeness (QED) is 0.710. The van der Waals surface area contributed by atoms with Crippen molar-refractivity contribution in [2.24, 2.45) is 5.41 Å². The van der Waals surface area contributed by atoms with Crippen molar-refractivity contribution in [1.82, 2.24) is 0 Å². The Morgan fingerprint density at radius 3 is 2.85 bits per heavy atom. The Morgan fingerprint density at radius 2 is 2.15 bits per heavy atom. The lowest BCUT2D eigenvalue weighted by Gasteiger charge is -2.39. The number of carbonyl (C=O) groups excluding carboxylic acids is 1. The van der Waals surface area contributed by atoms with E-state index in [4.69, 9.17) is 0 Å². The smallest absolute Gasteiger partial charge is 0.142 e. The van der Waals surface area contributed by atoms with E-state index < -0.39 is 11.0 Å². The summed E-state index contributed by atoms with van der Waals surface area (Å²) in [5.74, 6) is 0.214. The van der Waals surface area contributed by atoms with Gasteiger partial charge in [-0.05, 0) is 36.7 Å². The molecule has 0 bridgehead atoms. The van der Waals surface area contributed by atoms with Crippen LogP contribution in [0.25, 0.3) is 0 Å². The van der Waals surface area contributed by atoms with Crippen molar-refractivity contribution in [3.8, 4) is 0 Å². The number of hydrogen-bond acceptors (Lipinski definition) is 2. The van der Waals surface area contributed by atoms with Crippen molar-refractivity contribution in [1.29, 1.82) is 0 Å². The summed E-state index contributed by atoms with van der Waals surface area (Å²) in [5.41, 5.74) is -1.41. The van der Waals surface area contributed by atoms with E-state index in [1.165, 1.54) is 0 Å². The summed E-state index contributed by atoms with van der Waals surface area (Å²) >= 11 is 3.39. The van der Waals surface area contributed by atoms with Crippen LogP contribution in [-0.4, -0.2) is 16.5 Å². The van der Waals surface area contributed by atoms with Crippen molar-refractivity contribution in [2.75, 3.05) is 0 Å². The van der Waals surface area contributed by atoms with Crippen LogP contribution in [0.3, 0.4) is 0 Å². The van der Waals surface area contributed by atoms with Crippen LogP contribution < -0.4 is 0 Å². The number of rotatable bonds is 0. The zero-order chi connectivity index (χ0) is 9.69. The molecule has 1 saturated carbocycles. The maximum atomic E-state index is 11.6. The molecule has 0 aromatic carbocycles. The molecule has 0 radical (unpaired) electrons. The first-order valence-corrected chi connectivity index (χ1v) is 5.40. The molecule has 0 spiro atoms. The van der Waals surface area contributed by atoms with Gasteiger partial charge < -0.3 is 5.11 Å². The lowest BCUT2D eigenvalue weighted by molar-refractivity contribution is -0.132. The molecule has 0 amide bonds. The van der Waals surface area contributed by atoms with Gasteiger partial charge in [0.2, 0.25) is 0 Å². The van der Waals surface area contributed by atoms with E-state index in [2.05, 4.69) is 15.9 Å². The molecule has 1 fully saturated rings. The Kier molecular flexibility index (Phi) is 1.93. The van der Waals surface area contributed by atoms with Gasteiger partial charge in [-0.2, -0.15) is 0 Å². The number of fused-ring (bicyclic) bond motifs is 1. The van der Waals surface area contributed by atoms with E-state index in [1.54, 1.807) is 0 Å². The molecule has 1 N–H and O–H groups in total. The fraction of sp³-hybridized carbons (Fsp3) is 0.700. The molecule has 0 heterocycles. The first kappa shape index (κ1) is 9.41. The van der Waals surface area contributed by atoms with E-state index in [-0.39, 0.29) is 5.78 Å². The number of ketones is 1. The van der Waals surface area contributed by atoms with E-state index in [9.17, 15) is 9.90 Å². The molecular weight excluding hydrogens is 232 g/mol. The van der Waals surface area contributed by atoms with Crippen molar-refractivity contribution in [3.63, 3.8) is 0 Å². The summed E-state index contributed by atoms with van der Waals surface area (Å²) in [6, 6.07) is 0.